The molecule has 18 heavy (non-hydrogen) atoms. The van der Waals surface area contributed by atoms with E-state index in [9.17, 15) is 4.79 Å². The lowest BCUT2D eigenvalue weighted by Crippen LogP contribution is -2.36. The fourth-order valence-electron chi connectivity index (χ4n) is 1.51. The van der Waals surface area contributed by atoms with Crippen LogP contribution in [0.25, 0.3) is 0 Å². The van der Waals surface area contributed by atoms with Gasteiger partial charge in [-0.1, -0.05) is 25.5 Å². The fraction of sp³-hybridized carbons (Fsp3) is 0.500. The maximum absolute atomic E-state index is 11.7. The van der Waals surface area contributed by atoms with Crippen molar-refractivity contribution >= 4 is 5.91 Å². The van der Waals surface area contributed by atoms with Crippen LogP contribution in [0.5, 0.6) is 5.75 Å². The highest BCUT2D eigenvalue weighted by Crippen LogP contribution is 2.14. The van der Waals surface area contributed by atoms with Gasteiger partial charge in [-0.25, -0.2) is 0 Å². The Morgan fingerprint density at radius 3 is 2.94 bits per heavy atom. The number of ether oxygens (including phenoxy) is 1. The highest BCUT2D eigenvalue weighted by molar-refractivity contribution is 5.80. The summed E-state index contributed by atoms with van der Waals surface area (Å²) in [5.41, 5.74) is 0.770. The average molecular weight is 251 g/mol. The van der Waals surface area contributed by atoms with Gasteiger partial charge in [-0.05, 0) is 31.0 Å². The van der Waals surface area contributed by atoms with Crippen molar-refractivity contribution in [3.8, 4) is 5.75 Å². The maximum Gasteiger partial charge on any atom is 0.260 e. The molecule has 0 bridgehead atoms. The van der Waals surface area contributed by atoms with E-state index in [-0.39, 0.29) is 12.5 Å². The van der Waals surface area contributed by atoms with Crippen LogP contribution in [-0.4, -0.2) is 23.7 Å². The number of carbonyl (C=O) groups excluding carboxylic acids is 1. The third-order valence-corrected chi connectivity index (χ3v) is 2.59. The molecule has 0 spiro atoms. The number of benzene rings is 1. The van der Waals surface area contributed by atoms with Crippen molar-refractivity contribution in [3.63, 3.8) is 0 Å². The van der Waals surface area contributed by atoms with Crippen molar-refractivity contribution in [2.45, 2.75) is 39.4 Å². The van der Waals surface area contributed by atoms with Crippen LogP contribution >= 0.6 is 0 Å². The van der Waals surface area contributed by atoms with Crippen LogP contribution in [0.1, 0.15) is 32.3 Å². The number of nitrogens with one attached hydrogen (secondary N) is 1. The molecule has 0 saturated heterocycles. The van der Waals surface area contributed by atoms with Crippen LogP contribution in [0.15, 0.2) is 24.3 Å². The van der Waals surface area contributed by atoms with E-state index in [1.54, 1.807) is 31.2 Å². The lowest BCUT2D eigenvalue weighted by Gasteiger charge is -2.15. The van der Waals surface area contributed by atoms with Gasteiger partial charge in [-0.3, -0.25) is 4.79 Å². The molecule has 100 valence electrons. The van der Waals surface area contributed by atoms with Gasteiger partial charge in [0.15, 0.2) is 6.10 Å². The van der Waals surface area contributed by atoms with Gasteiger partial charge in [0, 0.05) is 6.54 Å². The van der Waals surface area contributed by atoms with E-state index in [0.717, 1.165) is 18.4 Å². The number of hydrogen-bond donors (Lipinski definition) is 2. The van der Waals surface area contributed by atoms with Crippen LogP contribution in [0.2, 0.25) is 0 Å². The van der Waals surface area contributed by atoms with E-state index in [0.29, 0.717) is 12.3 Å². The number of aliphatic hydroxyl groups excluding tert-OH is 1. The van der Waals surface area contributed by atoms with Crippen LogP contribution in [-0.2, 0) is 11.4 Å². The third-order valence-electron chi connectivity index (χ3n) is 2.59. The van der Waals surface area contributed by atoms with Crippen molar-refractivity contribution in [3.05, 3.63) is 29.8 Å². The van der Waals surface area contributed by atoms with Crippen molar-refractivity contribution in [1.29, 1.82) is 0 Å². The van der Waals surface area contributed by atoms with Gasteiger partial charge >= 0.3 is 0 Å². The first kappa shape index (κ1) is 14.5. The SMILES string of the molecule is CCCCNC(=O)C(C)Oc1cccc(CO)c1. The quantitative estimate of drug-likeness (QED) is 0.727. The van der Waals surface area contributed by atoms with E-state index in [1.807, 2.05) is 0 Å². The van der Waals surface area contributed by atoms with E-state index >= 15 is 0 Å². The fourth-order valence-corrected chi connectivity index (χ4v) is 1.51. The molecule has 0 saturated carbocycles. The van der Waals surface area contributed by atoms with Crippen molar-refractivity contribution in [2.24, 2.45) is 0 Å². The zero-order chi connectivity index (χ0) is 13.4. The molecule has 1 rings (SSSR count). The van der Waals surface area contributed by atoms with Crippen LogP contribution in [0.3, 0.4) is 0 Å². The predicted octanol–water partition coefficient (Wildman–Crippen LogP) is 1.86. The molecule has 4 heteroatoms. The summed E-state index contributed by atoms with van der Waals surface area (Å²) in [6, 6.07) is 7.10. The van der Waals surface area contributed by atoms with Crippen molar-refractivity contribution in [2.75, 3.05) is 6.54 Å². The second-order valence-electron chi connectivity index (χ2n) is 4.21. The zero-order valence-electron chi connectivity index (χ0n) is 11.0. The lowest BCUT2D eigenvalue weighted by molar-refractivity contribution is -0.127. The van der Waals surface area contributed by atoms with E-state index in [4.69, 9.17) is 9.84 Å². The molecule has 1 amide bonds. The monoisotopic (exact) mass is 251 g/mol. The van der Waals surface area contributed by atoms with Gasteiger partial charge < -0.3 is 15.2 Å². The van der Waals surface area contributed by atoms with Crippen molar-refractivity contribution < 1.29 is 14.6 Å². The molecule has 4 nitrogen and oxygen atoms in total. The molecule has 1 aromatic rings. The molecule has 0 fully saturated rings. The number of rotatable bonds is 7. The summed E-state index contributed by atoms with van der Waals surface area (Å²) < 4.78 is 5.53. The van der Waals surface area contributed by atoms with Crippen LogP contribution < -0.4 is 10.1 Å². The number of unbranched alkanes of at least 4 members (excludes halogenated alkanes) is 1. The second kappa shape index (κ2) is 7.71. The first-order chi connectivity index (χ1) is 8.67. The Morgan fingerprint density at radius 2 is 2.28 bits per heavy atom. The van der Waals surface area contributed by atoms with Gasteiger partial charge in [0.05, 0.1) is 6.61 Å². The molecule has 0 aromatic heterocycles. The Morgan fingerprint density at radius 1 is 1.50 bits per heavy atom. The average Bonchev–Trinajstić information content (AvgIpc) is 2.39. The van der Waals surface area contributed by atoms with E-state index in [1.165, 1.54) is 0 Å². The largest absolute Gasteiger partial charge is 0.481 e. The normalized spacial score (nSPS) is 11.9. The minimum absolute atomic E-state index is 0.0335. The first-order valence-electron chi connectivity index (χ1n) is 6.31. The first-order valence-corrected chi connectivity index (χ1v) is 6.31. The molecule has 1 unspecified atom stereocenters. The van der Waals surface area contributed by atoms with Gasteiger partial charge in [0.2, 0.25) is 0 Å². The summed E-state index contributed by atoms with van der Waals surface area (Å²) >= 11 is 0. The third kappa shape index (κ3) is 4.75. The van der Waals surface area contributed by atoms with Gasteiger partial charge in [0.25, 0.3) is 5.91 Å². The molecule has 0 radical (unpaired) electrons. The summed E-state index contributed by atoms with van der Waals surface area (Å²) in [5, 5.41) is 11.8. The Labute approximate surface area is 108 Å². The summed E-state index contributed by atoms with van der Waals surface area (Å²) in [5.74, 6) is 0.484. The highest BCUT2D eigenvalue weighted by atomic mass is 16.5. The Kier molecular flexibility index (Phi) is 6.22. The molecule has 1 aromatic carbocycles. The second-order valence-corrected chi connectivity index (χ2v) is 4.21. The number of aliphatic hydroxyl groups is 1. The summed E-state index contributed by atoms with van der Waals surface area (Å²) in [4.78, 5) is 11.7. The summed E-state index contributed by atoms with van der Waals surface area (Å²) in [6.45, 7) is 4.44. The smallest absolute Gasteiger partial charge is 0.260 e. The molecule has 0 aliphatic carbocycles. The maximum atomic E-state index is 11.7. The molecule has 0 aliphatic heterocycles. The van der Waals surface area contributed by atoms with Gasteiger partial charge in [0.1, 0.15) is 5.75 Å². The molecule has 0 heterocycles. The Hall–Kier alpha value is -1.55. The van der Waals surface area contributed by atoms with E-state index in [2.05, 4.69) is 12.2 Å². The number of amides is 1. The molecule has 1 atom stereocenters. The summed E-state index contributed by atoms with van der Waals surface area (Å²) in [7, 11) is 0. The molecule has 0 aliphatic rings. The lowest BCUT2D eigenvalue weighted by atomic mass is 10.2. The van der Waals surface area contributed by atoms with E-state index < -0.39 is 6.10 Å². The standard InChI is InChI=1S/C14H21NO3/c1-3-4-8-15-14(17)11(2)18-13-7-5-6-12(9-13)10-16/h5-7,9,11,16H,3-4,8,10H2,1-2H3,(H,15,17). The number of carbonyl (C=O) groups is 1. The number of hydrogen-bond acceptors (Lipinski definition) is 3. The molecular weight excluding hydrogens is 230 g/mol. The van der Waals surface area contributed by atoms with Crippen LogP contribution in [0, 0.1) is 0 Å². The van der Waals surface area contributed by atoms with Crippen LogP contribution in [0.4, 0.5) is 0 Å². The van der Waals surface area contributed by atoms with Gasteiger partial charge in [-0.15, -0.1) is 0 Å². The predicted molar refractivity (Wildman–Crippen MR) is 70.4 cm³/mol. The highest BCUT2D eigenvalue weighted by Gasteiger charge is 2.13. The Balaban J connectivity index is 2.47. The molecule has 2 N–H and O–H groups in total. The summed E-state index contributed by atoms with van der Waals surface area (Å²) in [6.07, 6.45) is 1.49. The topological polar surface area (TPSA) is 58.6 Å². The Bertz CT molecular complexity index is 379. The minimum atomic E-state index is -0.532. The van der Waals surface area contributed by atoms with Gasteiger partial charge in [-0.2, -0.15) is 0 Å². The minimum Gasteiger partial charge on any atom is -0.481 e. The zero-order valence-corrected chi connectivity index (χ0v) is 11.0. The molecular formula is C14H21NO3. The van der Waals surface area contributed by atoms with Crippen molar-refractivity contribution in [1.82, 2.24) is 5.32 Å².